The van der Waals surface area contributed by atoms with Crippen LogP contribution in [0.5, 0.6) is 0 Å². The highest BCUT2D eigenvalue weighted by atomic mass is 19.3. The number of guanidine groups is 1. The van der Waals surface area contributed by atoms with E-state index >= 15 is 0 Å². The van der Waals surface area contributed by atoms with Gasteiger partial charge in [0.2, 0.25) is 0 Å². The fraction of sp³-hybridized carbons (Fsp3) is 0.588. The molecule has 2 N–H and O–H groups in total. The lowest BCUT2D eigenvalue weighted by Gasteiger charge is -2.31. The molecule has 1 aliphatic carbocycles. The van der Waals surface area contributed by atoms with Gasteiger partial charge in [0.1, 0.15) is 0 Å². The van der Waals surface area contributed by atoms with Crippen LogP contribution in [0.25, 0.3) is 0 Å². The Bertz CT molecular complexity index is 500. The Balaban J connectivity index is 1.95. The van der Waals surface area contributed by atoms with Gasteiger partial charge in [-0.3, -0.25) is 0 Å². The van der Waals surface area contributed by atoms with E-state index in [-0.39, 0.29) is 5.56 Å². The van der Waals surface area contributed by atoms with Crippen molar-refractivity contribution in [3.05, 3.63) is 35.4 Å². The summed E-state index contributed by atoms with van der Waals surface area (Å²) < 4.78 is 26.3. The molecule has 1 fully saturated rings. The lowest BCUT2D eigenvalue weighted by atomic mass is 9.95. The van der Waals surface area contributed by atoms with E-state index in [4.69, 9.17) is 5.73 Å². The van der Waals surface area contributed by atoms with E-state index in [1.54, 1.807) is 12.1 Å². The molecule has 0 bridgehead atoms. The molecule has 0 heterocycles. The van der Waals surface area contributed by atoms with Crippen molar-refractivity contribution in [2.75, 3.05) is 7.05 Å². The smallest absolute Gasteiger partial charge is 0.270 e. The van der Waals surface area contributed by atoms with E-state index < -0.39 is 5.92 Å². The minimum absolute atomic E-state index is 0.0209. The number of nitrogens with two attached hydrogens (primary N) is 1. The molecule has 1 aromatic rings. The zero-order chi connectivity index (χ0) is 16.2. The molecule has 0 amide bonds. The van der Waals surface area contributed by atoms with Gasteiger partial charge in [0.05, 0.1) is 6.54 Å². The van der Waals surface area contributed by atoms with Crippen molar-refractivity contribution in [2.45, 2.75) is 57.5 Å². The molecule has 0 spiro atoms. The van der Waals surface area contributed by atoms with Crippen LogP contribution < -0.4 is 5.73 Å². The Morgan fingerprint density at radius 1 is 1.23 bits per heavy atom. The molecule has 0 radical (unpaired) electrons. The molecule has 0 aromatic heterocycles. The minimum Gasteiger partial charge on any atom is -0.370 e. The number of halogens is 2. The number of aliphatic imine (C=N–C) groups is 1. The normalized spacial score (nSPS) is 17.5. The second kappa shape index (κ2) is 7.07. The van der Waals surface area contributed by atoms with Crippen LogP contribution in [-0.4, -0.2) is 23.9 Å². The van der Waals surface area contributed by atoms with Crippen LogP contribution in [-0.2, 0) is 12.5 Å². The monoisotopic (exact) mass is 309 g/mol. The van der Waals surface area contributed by atoms with Crippen LogP contribution in [0.1, 0.15) is 50.2 Å². The second-order valence-corrected chi connectivity index (χ2v) is 6.16. The van der Waals surface area contributed by atoms with E-state index in [0.29, 0.717) is 18.5 Å². The molecule has 5 heteroatoms. The molecule has 1 aromatic carbocycles. The molecule has 122 valence electrons. The first-order valence-electron chi connectivity index (χ1n) is 7.88. The first kappa shape index (κ1) is 16.7. The lowest BCUT2D eigenvalue weighted by molar-refractivity contribution is 0.0174. The van der Waals surface area contributed by atoms with Gasteiger partial charge in [-0.05, 0) is 18.4 Å². The topological polar surface area (TPSA) is 41.6 Å². The summed E-state index contributed by atoms with van der Waals surface area (Å²) in [5.41, 5.74) is 6.95. The van der Waals surface area contributed by atoms with Crippen LogP contribution in [0, 0.1) is 0 Å². The van der Waals surface area contributed by atoms with Crippen molar-refractivity contribution in [1.82, 2.24) is 4.90 Å². The summed E-state index contributed by atoms with van der Waals surface area (Å²) in [6, 6.07) is 6.74. The Hall–Kier alpha value is -1.65. The maximum Gasteiger partial charge on any atom is 0.270 e. The van der Waals surface area contributed by atoms with Crippen molar-refractivity contribution in [1.29, 1.82) is 0 Å². The Morgan fingerprint density at radius 2 is 1.82 bits per heavy atom. The average Bonchev–Trinajstić information content (AvgIpc) is 2.52. The highest BCUT2D eigenvalue weighted by Crippen LogP contribution is 2.27. The molecule has 0 atom stereocenters. The summed E-state index contributed by atoms with van der Waals surface area (Å²) in [6.45, 7) is 1.32. The molecular weight excluding hydrogens is 284 g/mol. The Morgan fingerprint density at radius 3 is 2.36 bits per heavy atom. The Labute approximate surface area is 131 Å². The Kier molecular flexibility index (Phi) is 5.37. The zero-order valence-electron chi connectivity index (χ0n) is 13.4. The molecular formula is C17H25F2N3. The van der Waals surface area contributed by atoms with Crippen molar-refractivity contribution in [2.24, 2.45) is 10.7 Å². The fourth-order valence-corrected chi connectivity index (χ4v) is 2.84. The van der Waals surface area contributed by atoms with Gasteiger partial charge in [0, 0.05) is 25.6 Å². The van der Waals surface area contributed by atoms with Crippen molar-refractivity contribution in [3.8, 4) is 0 Å². The van der Waals surface area contributed by atoms with Crippen LogP contribution in [0.4, 0.5) is 8.78 Å². The van der Waals surface area contributed by atoms with Gasteiger partial charge in [0.25, 0.3) is 5.92 Å². The van der Waals surface area contributed by atoms with Crippen molar-refractivity contribution >= 4 is 5.96 Å². The van der Waals surface area contributed by atoms with Crippen LogP contribution in [0.15, 0.2) is 29.3 Å². The number of rotatable bonds is 4. The SMILES string of the molecule is CN(C(N)=NCc1ccc(C(C)(F)F)cc1)C1CCCCC1. The summed E-state index contributed by atoms with van der Waals surface area (Å²) in [5, 5.41) is 0. The van der Waals surface area contributed by atoms with E-state index in [1.165, 1.54) is 31.4 Å². The maximum atomic E-state index is 13.2. The highest BCUT2D eigenvalue weighted by Gasteiger charge is 2.23. The molecule has 2 rings (SSSR count). The van der Waals surface area contributed by atoms with Crippen LogP contribution >= 0.6 is 0 Å². The van der Waals surface area contributed by atoms with Crippen molar-refractivity contribution in [3.63, 3.8) is 0 Å². The third-order valence-corrected chi connectivity index (χ3v) is 4.37. The van der Waals surface area contributed by atoms with E-state index in [9.17, 15) is 8.78 Å². The van der Waals surface area contributed by atoms with E-state index in [1.807, 2.05) is 11.9 Å². The summed E-state index contributed by atoms with van der Waals surface area (Å²) in [6.07, 6.45) is 6.11. The zero-order valence-corrected chi connectivity index (χ0v) is 13.4. The van der Waals surface area contributed by atoms with Gasteiger partial charge in [-0.25, -0.2) is 13.8 Å². The molecule has 3 nitrogen and oxygen atoms in total. The third kappa shape index (κ3) is 4.42. The lowest BCUT2D eigenvalue weighted by Crippen LogP contribution is -2.42. The van der Waals surface area contributed by atoms with Crippen molar-refractivity contribution < 1.29 is 8.78 Å². The third-order valence-electron chi connectivity index (χ3n) is 4.37. The number of hydrogen-bond acceptors (Lipinski definition) is 1. The van der Waals surface area contributed by atoms with Gasteiger partial charge in [0.15, 0.2) is 5.96 Å². The molecule has 0 saturated heterocycles. The predicted octanol–water partition coefficient (Wildman–Crippen LogP) is 3.88. The first-order chi connectivity index (χ1) is 10.4. The fourth-order valence-electron chi connectivity index (χ4n) is 2.84. The first-order valence-corrected chi connectivity index (χ1v) is 7.88. The number of nitrogens with zero attached hydrogens (tertiary/aromatic N) is 2. The number of alkyl halides is 2. The van der Waals surface area contributed by atoms with Gasteiger partial charge < -0.3 is 10.6 Å². The number of benzene rings is 1. The van der Waals surface area contributed by atoms with E-state index in [0.717, 1.165) is 25.3 Å². The largest absolute Gasteiger partial charge is 0.370 e. The molecule has 22 heavy (non-hydrogen) atoms. The molecule has 1 saturated carbocycles. The van der Waals surface area contributed by atoms with Gasteiger partial charge >= 0.3 is 0 Å². The maximum absolute atomic E-state index is 13.2. The summed E-state index contributed by atoms with van der Waals surface area (Å²) in [5.74, 6) is -2.28. The number of hydrogen-bond donors (Lipinski definition) is 1. The molecule has 0 aliphatic heterocycles. The minimum atomic E-state index is -2.80. The summed E-state index contributed by atoms with van der Waals surface area (Å²) >= 11 is 0. The van der Waals surface area contributed by atoms with Crippen LogP contribution in [0.2, 0.25) is 0 Å². The quantitative estimate of drug-likeness (QED) is 0.677. The summed E-state index contributed by atoms with van der Waals surface area (Å²) in [7, 11) is 1.98. The molecule has 1 aliphatic rings. The standard InChI is InChI=1S/C17H25F2N3/c1-17(18,19)14-10-8-13(9-11-14)12-21-16(20)22(2)15-6-4-3-5-7-15/h8-11,15H,3-7,12H2,1-2H3,(H2,20,21). The highest BCUT2D eigenvalue weighted by molar-refractivity contribution is 5.78. The van der Waals surface area contributed by atoms with E-state index in [2.05, 4.69) is 4.99 Å². The van der Waals surface area contributed by atoms with Crippen LogP contribution in [0.3, 0.4) is 0 Å². The van der Waals surface area contributed by atoms with Gasteiger partial charge in [-0.15, -0.1) is 0 Å². The van der Waals surface area contributed by atoms with Gasteiger partial charge in [-0.2, -0.15) is 0 Å². The average molecular weight is 309 g/mol. The molecule has 0 unspecified atom stereocenters. The van der Waals surface area contributed by atoms with Gasteiger partial charge in [-0.1, -0.05) is 43.5 Å². The second-order valence-electron chi connectivity index (χ2n) is 6.16. The summed E-state index contributed by atoms with van der Waals surface area (Å²) in [4.78, 5) is 6.44. The predicted molar refractivity (Wildman–Crippen MR) is 86.0 cm³/mol.